The molecule has 0 saturated carbocycles. The Balaban J connectivity index is 1.03. The van der Waals surface area contributed by atoms with Crippen molar-refractivity contribution < 1.29 is 4.42 Å². The van der Waals surface area contributed by atoms with Crippen LogP contribution in [0.3, 0.4) is 0 Å². The SMILES string of the molecule is CC1(c2cccc3c2oc2ccc(N(c4ccc5c(c4)C(c4ccccc4)(c4ccccc4)c4ccccc4-5)c4cccc5c4sc4ccccc45)cc23)c2ccccc2-c2ccccc21. The third kappa shape index (κ3) is 5.01. The molecule has 3 heteroatoms. The average molecular weight is 860 g/mol. The van der Waals surface area contributed by atoms with Gasteiger partial charge in [0.1, 0.15) is 11.2 Å². The monoisotopic (exact) mass is 859 g/mol. The highest BCUT2D eigenvalue weighted by Gasteiger charge is 2.47. The van der Waals surface area contributed by atoms with Gasteiger partial charge in [0, 0.05) is 48.6 Å². The van der Waals surface area contributed by atoms with E-state index < -0.39 is 10.8 Å². The lowest BCUT2D eigenvalue weighted by molar-refractivity contribution is 0.638. The Morgan fingerprint density at radius 3 is 1.65 bits per heavy atom. The van der Waals surface area contributed by atoms with Gasteiger partial charge in [-0.1, -0.05) is 188 Å². The molecule has 0 N–H and O–H groups in total. The van der Waals surface area contributed by atoms with E-state index in [-0.39, 0.29) is 0 Å². The number of furan rings is 1. The molecule has 0 radical (unpaired) electrons. The molecule has 0 atom stereocenters. The van der Waals surface area contributed by atoms with Crippen LogP contribution in [0.2, 0.25) is 0 Å². The van der Waals surface area contributed by atoms with E-state index in [0.29, 0.717) is 0 Å². The number of benzene rings is 10. The summed E-state index contributed by atoms with van der Waals surface area (Å²) in [5.41, 5.74) is 18.2. The van der Waals surface area contributed by atoms with Crippen molar-refractivity contribution in [2.45, 2.75) is 17.8 Å². The van der Waals surface area contributed by atoms with Crippen molar-refractivity contribution in [3.63, 3.8) is 0 Å². The van der Waals surface area contributed by atoms with Crippen LogP contribution >= 0.6 is 11.3 Å². The minimum absolute atomic E-state index is 0.391. The number of para-hydroxylation sites is 1. The van der Waals surface area contributed by atoms with Crippen molar-refractivity contribution in [1.82, 2.24) is 0 Å². The van der Waals surface area contributed by atoms with Crippen molar-refractivity contribution in [3.8, 4) is 22.3 Å². The van der Waals surface area contributed by atoms with E-state index in [0.717, 1.165) is 39.0 Å². The highest BCUT2D eigenvalue weighted by Crippen LogP contribution is 2.58. The van der Waals surface area contributed by atoms with Gasteiger partial charge < -0.3 is 9.32 Å². The Kier molecular flexibility index (Phi) is 7.94. The fraction of sp³-hybridized carbons (Fsp3) is 0.0476. The summed E-state index contributed by atoms with van der Waals surface area (Å²) in [5.74, 6) is 0. The predicted octanol–water partition coefficient (Wildman–Crippen LogP) is 17.1. The summed E-state index contributed by atoms with van der Waals surface area (Å²) in [5, 5.41) is 4.75. The molecular formula is C63H41NOS. The molecule has 12 aromatic rings. The van der Waals surface area contributed by atoms with E-state index in [2.05, 4.69) is 242 Å². The summed E-state index contributed by atoms with van der Waals surface area (Å²) < 4.78 is 9.59. The zero-order valence-electron chi connectivity index (χ0n) is 36.2. The number of anilines is 3. The molecule has 66 heavy (non-hydrogen) atoms. The fourth-order valence-electron chi connectivity index (χ4n) is 12.0. The molecule has 14 rings (SSSR count). The second-order valence-electron chi connectivity index (χ2n) is 18.0. The second-order valence-corrected chi connectivity index (χ2v) is 19.1. The highest BCUT2D eigenvalue weighted by atomic mass is 32.1. The van der Waals surface area contributed by atoms with Crippen LogP contribution in [0.5, 0.6) is 0 Å². The predicted molar refractivity (Wildman–Crippen MR) is 276 cm³/mol. The van der Waals surface area contributed by atoms with Crippen LogP contribution in [-0.4, -0.2) is 0 Å². The van der Waals surface area contributed by atoms with Gasteiger partial charge in [0.2, 0.25) is 0 Å². The number of nitrogens with zero attached hydrogens (tertiary/aromatic N) is 1. The minimum Gasteiger partial charge on any atom is -0.456 e. The molecule has 2 nitrogen and oxygen atoms in total. The molecule has 0 saturated heterocycles. The largest absolute Gasteiger partial charge is 0.456 e. The molecule has 0 spiro atoms. The first-order valence-electron chi connectivity index (χ1n) is 22.8. The zero-order valence-corrected chi connectivity index (χ0v) is 37.0. The van der Waals surface area contributed by atoms with E-state index in [1.54, 1.807) is 0 Å². The molecular weight excluding hydrogens is 819 g/mol. The number of hydrogen-bond donors (Lipinski definition) is 0. The molecule has 0 bridgehead atoms. The molecule has 2 aliphatic rings. The van der Waals surface area contributed by atoms with Crippen molar-refractivity contribution in [1.29, 1.82) is 0 Å². The molecule has 0 unspecified atom stereocenters. The fourth-order valence-corrected chi connectivity index (χ4v) is 13.2. The quantitative estimate of drug-likeness (QED) is 0.166. The van der Waals surface area contributed by atoms with E-state index in [9.17, 15) is 0 Å². The van der Waals surface area contributed by atoms with E-state index in [4.69, 9.17) is 4.42 Å². The molecule has 0 aliphatic heterocycles. The van der Waals surface area contributed by atoms with E-state index >= 15 is 0 Å². The standard InChI is InChI=1S/C63H41NOS/c1-62(52-28-12-8-22-44(52)45-23-9-13-29-53(45)62)55-31-16-26-49-51-38-42(35-37-58(51)65-60(49)55)64(57-32-17-27-50-48-25-11-15-33-59(48)66-61(50)57)43-34-36-47-46-24-10-14-30-54(46)63(56(47)39-43,40-18-4-2-5-19-40)41-20-6-3-7-21-41/h2-39H,1H3. The van der Waals surface area contributed by atoms with Gasteiger partial charge in [0.05, 0.1) is 15.8 Å². The van der Waals surface area contributed by atoms with Crippen molar-refractivity contribution in [3.05, 3.63) is 269 Å². The Labute approximate surface area is 387 Å². The first-order chi connectivity index (χ1) is 32.6. The third-order valence-electron chi connectivity index (χ3n) is 14.8. The molecule has 2 aromatic heterocycles. The van der Waals surface area contributed by atoms with Gasteiger partial charge >= 0.3 is 0 Å². The summed E-state index contributed by atoms with van der Waals surface area (Å²) in [4.78, 5) is 2.49. The van der Waals surface area contributed by atoms with Crippen molar-refractivity contribution >= 4 is 70.5 Å². The molecule has 2 aliphatic carbocycles. The summed E-state index contributed by atoms with van der Waals surface area (Å²) in [6.45, 7) is 2.37. The number of hydrogen-bond acceptors (Lipinski definition) is 3. The number of thiophene rings is 1. The second kappa shape index (κ2) is 14.0. The summed E-state index contributed by atoms with van der Waals surface area (Å²) >= 11 is 1.87. The number of rotatable bonds is 6. The first kappa shape index (κ1) is 37.4. The normalized spacial score (nSPS) is 14.1. The van der Waals surface area contributed by atoms with Crippen molar-refractivity contribution in [2.75, 3.05) is 4.90 Å². The van der Waals surface area contributed by atoms with Crippen LogP contribution in [0.15, 0.2) is 235 Å². The van der Waals surface area contributed by atoms with Gasteiger partial charge in [-0.2, -0.15) is 0 Å². The van der Waals surface area contributed by atoms with Crippen LogP contribution < -0.4 is 4.90 Å². The molecule has 2 heterocycles. The molecule has 0 amide bonds. The van der Waals surface area contributed by atoms with Gasteiger partial charge in [-0.05, 0) is 105 Å². The first-order valence-corrected chi connectivity index (χ1v) is 23.6. The maximum Gasteiger partial charge on any atom is 0.139 e. The summed E-state index contributed by atoms with van der Waals surface area (Å²) in [6, 6.07) is 85.2. The maximum absolute atomic E-state index is 7.05. The van der Waals surface area contributed by atoms with E-state index in [1.807, 2.05) is 11.3 Å². The zero-order chi connectivity index (χ0) is 43.6. The van der Waals surface area contributed by atoms with Gasteiger partial charge in [-0.3, -0.25) is 0 Å². The molecule has 310 valence electrons. The summed E-state index contributed by atoms with van der Waals surface area (Å²) in [6.07, 6.45) is 0. The lowest BCUT2D eigenvalue weighted by Gasteiger charge is -2.35. The van der Waals surface area contributed by atoms with Gasteiger partial charge in [-0.15, -0.1) is 11.3 Å². The Morgan fingerprint density at radius 1 is 0.394 bits per heavy atom. The topological polar surface area (TPSA) is 16.4 Å². The van der Waals surface area contributed by atoms with Crippen LogP contribution in [0.4, 0.5) is 17.1 Å². The molecule has 10 aromatic carbocycles. The highest BCUT2D eigenvalue weighted by molar-refractivity contribution is 7.26. The number of fused-ring (bicyclic) bond motifs is 12. The maximum atomic E-state index is 7.05. The Hall–Kier alpha value is -7.98. The Morgan fingerprint density at radius 2 is 0.924 bits per heavy atom. The lowest BCUT2D eigenvalue weighted by atomic mass is 9.67. The average Bonchev–Trinajstić information content (AvgIpc) is 4.11. The van der Waals surface area contributed by atoms with Crippen molar-refractivity contribution in [2.24, 2.45) is 0 Å². The Bertz CT molecular complexity index is 3830. The van der Waals surface area contributed by atoms with Gasteiger partial charge in [0.25, 0.3) is 0 Å². The minimum atomic E-state index is -0.533. The van der Waals surface area contributed by atoms with Crippen LogP contribution in [0, 0.1) is 0 Å². The molecule has 0 fully saturated rings. The van der Waals surface area contributed by atoms with Crippen LogP contribution in [0.1, 0.15) is 45.9 Å². The van der Waals surface area contributed by atoms with Gasteiger partial charge in [0.15, 0.2) is 0 Å². The van der Waals surface area contributed by atoms with Crippen LogP contribution in [-0.2, 0) is 10.8 Å². The van der Waals surface area contributed by atoms with Crippen LogP contribution in [0.25, 0.3) is 64.4 Å². The van der Waals surface area contributed by atoms with E-state index in [1.165, 1.54) is 81.4 Å². The summed E-state index contributed by atoms with van der Waals surface area (Å²) in [7, 11) is 0. The lowest BCUT2D eigenvalue weighted by Crippen LogP contribution is -2.28. The van der Waals surface area contributed by atoms with Gasteiger partial charge in [-0.25, -0.2) is 0 Å². The third-order valence-corrected chi connectivity index (χ3v) is 16.0. The smallest absolute Gasteiger partial charge is 0.139 e.